The molecular weight excluding hydrogens is 394 g/mol. The zero-order chi connectivity index (χ0) is 21.5. The number of fused-ring (bicyclic) bond motifs is 1. The SMILES string of the molecule is CCOc1ccc(CC(=O)N(CCCN(C)C)c2nc3ccc(CC)cc3s2)cc1. The predicted molar refractivity (Wildman–Crippen MR) is 126 cm³/mol. The molecule has 3 aromatic rings. The number of carbonyl (C=O) groups is 1. The van der Waals surface area contributed by atoms with Crippen LogP contribution in [0.2, 0.25) is 0 Å². The lowest BCUT2D eigenvalue weighted by Crippen LogP contribution is -2.34. The summed E-state index contributed by atoms with van der Waals surface area (Å²) in [4.78, 5) is 22.0. The largest absolute Gasteiger partial charge is 0.494 e. The van der Waals surface area contributed by atoms with Crippen LogP contribution in [0.25, 0.3) is 10.2 Å². The molecule has 0 atom stereocenters. The van der Waals surface area contributed by atoms with E-state index in [-0.39, 0.29) is 5.91 Å². The number of carbonyl (C=O) groups excluding carboxylic acids is 1. The second-order valence-electron chi connectivity index (χ2n) is 7.61. The maximum atomic E-state index is 13.2. The maximum absolute atomic E-state index is 13.2. The Morgan fingerprint density at radius 3 is 2.43 bits per heavy atom. The molecule has 1 aromatic heterocycles. The number of aromatic nitrogens is 1. The molecule has 0 aliphatic carbocycles. The Morgan fingerprint density at radius 1 is 1.03 bits per heavy atom. The quantitative estimate of drug-likeness (QED) is 0.469. The topological polar surface area (TPSA) is 45.7 Å². The number of anilines is 1. The lowest BCUT2D eigenvalue weighted by molar-refractivity contribution is -0.118. The van der Waals surface area contributed by atoms with Gasteiger partial charge in [-0.1, -0.05) is 36.5 Å². The van der Waals surface area contributed by atoms with Gasteiger partial charge < -0.3 is 9.64 Å². The number of hydrogen-bond donors (Lipinski definition) is 0. The van der Waals surface area contributed by atoms with Crippen molar-refractivity contribution in [3.8, 4) is 5.75 Å². The summed E-state index contributed by atoms with van der Waals surface area (Å²) in [5, 5.41) is 0.785. The third-order valence-electron chi connectivity index (χ3n) is 4.96. The van der Waals surface area contributed by atoms with E-state index in [0.717, 1.165) is 46.0 Å². The standard InChI is InChI=1S/C24H31N3O2S/c1-5-18-10-13-21-22(16-18)30-24(25-21)27(15-7-14-26(3)4)23(28)17-19-8-11-20(12-9-19)29-6-2/h8-13,16H,5-7,14-15,17H2,1-4H3. The molecule has 0 saturated carbocycles. The molecule has 160 valence electrons. The fraction of sp³-hybridized carbons (Fsp3) is 0.417. The first-order valence-corrected chi connectivity index (χ1v) is 11.4. The molecule has 0 aliphatic rings. The molecule has 0 radical (unpaired) electrons. The zero-order valence-electron chi connectivity index (χ0n) is 18.4. The van der Waals surface area contributed by atoms with Crippen LogP contribution in [-0.4, -0.2) is 49.6 Å². The molecule has 0 N–H and O–H groups in total. The monoisotopic (exact) mass is 425 g/mol. The number of benzene rings is 2. The maximum Gasteiger partial charge on any atom is 0.233 e. The van der Waals surface area contributed by atoms with Crippen molar-refractivity contribution in [3.05, 3.63) is 53.6 Å². The van der Waals surface area contributed by atoms with Gasteiger partial charge in [-0.3, -0.25) is 9.69 Å². The number of hydrogen-bond acceptors (Lipinski definition) is 5. The highest BCUT2D eigenvalue weighted by Gasteiger charge is 2.20. The second-order valence-corrected chi connectivity index (χ2v) is 8.62. The summed E-state index contributed by atoms with van der Waals surface area (Å²) in [6, 6.07) is 14.1. The average Bonchev–Trinajstić information content (AvgIpc) is 3.15. The average molecular weight is 426 g/mol. The molecule has 2 aromatic carbocycles. The molecular formula is C24H31N3O2S. The van der Waals surface area contributed by atoms with E-state index in [9.17, 15) is 4.79 Å². The van der Waals surface area contributed by atoms with E-state index in [1.807, 2.05) is 36.1 Å². The molecule has 0 spiro atoms. The first kappa shape index (κ1) is 22.2. The Hall–Kier alpha value is -2.44. The molecule has 0 unspecified atom stereocenters. The highest BCUT2D eigenvalue weighted by atomic mass is 32.1. The van der Waals surface area contributed by atoms with E-state index in [1.54, 1.807) is 11.3 Å². The third kappa shape index (κ3) is 5.80. The number of aryl methyl sites for hydroxylation is 1. The normalized spacial score (nSPS) is 11.2. The zero-order valence-corrected chi connectivity index (χ0v) is 19.2. The van der Waals surface area contributed by atoms with Gasteiger partial charge >= 0.3 is 0 Å². The molecule has 6 heteroatoms. The summed E-state index contributed by atoms with van der Waals surface area (Å²) in [7, 11) is 4.10. The first-order chi connectivity index (χ1) is 14.5. The van der Waals surface area contributed by atoms with Crippen molar-refractivity contribution in [2.75, 3.05) is 38.7 Å². The van der Waals surface area contributed by atoms with Crippen LogP contribution in [0, 0.1) is 0 Å². The number of ether oxygens (including phenoxy) is 1. The lowest BCUT2D eigenvalue weighted by Gasteiger charge is -2.21. The summed E-state index contributed by atoms with van der Waals surface area (Å²) in [6.45, 7) is 6.34. The van der Waals surface area contributed by atoms with Gasteiger partial charge in [-0.25, -0.2) is 4.98 Å². The van der Waals surface area contributed by atoms with Crippen molar-refractivity contribution in [2.24, 2.45) is 0 Å². The molecule has 5 nitrogen and oxygen atoms in total. The van der Waals surface area contributed by atoms with Crippen LogP contribution in [-0.2, 0) is 17.6 Å². The van der Waals surface area contributed by atoms with Gasteiger partial charge in [0.1, 0.15) is 5.75 Å². The van der Waals surface area contributed by atoms with E-state index in [2.05, 4.69) is 44.1 Å². The Balaban J connectivity index is 1.81. The summed E-state index contributed by atoms with van der Waals surface area (Å²) in [5.41, 5.74) is 3.23. The Kier molecular flexibility index (Phi) is 7.82. The molecule has 0 aliphatic heterocycles. The van der Waals surface area contributed by atoms with Crippen molar-refractivity contribution in [2.45, 2.75) is 33.1 Å². The molecule has 30 heavy (non-hydrogen) atoms. The van der Waals surface area contributed by atoms with E-state index in [1.165, 1.54) is 5.56 Å². The predicted octanol–water partition coefficient (Wildman–Crippen LogP) is 4.78. The highest BCUT2D eigenvalue weighted by molar-refractivity contribution is 7.22. The van der Waals surface area contributed by atoms with Crippen LogP contribution in [0.3, 0.4) is 0 Å². The molecule has 0 bridgehead atoms. The van der Waals surface area contributed by atoms with Gasteiger partial charge in [0.25, 0.3) is 0 Å². The minimum Gasteiger partial charge on any atom is -0.494 e. The van der Waals surface area contributed by atoms with E-state index < -0.39 is 0 Å². The molecule has 3 rings (SSSR count). The lowest BCUT2D eigenvalue weighted by atomic mass is 10.1. The van der Waals surface area contributed by atoms with Crippen molar-refractivity contribution in [1.29, 1.82) is 0 Å². The number of rotatable bonds is 10. The van der Waals surface area contributed by atoms with Crippen molar-refractivity contribution in [3.63, 3.8) is 0 Å². The third-order valence-corrected chi connectivity index (χ3v) is 6.00. The number of thiazole rings is 1. The number of amides is 1. The molecule has 1 amide bonds. The van der Waals surface area contributed by atoms with Crippen LogP contribution in [0.5, 0.6) is 5.75 Å². The molecule has 1 heterocycles. The fourth-order valence-corrected chi connectivity index (χ4v) is 4.38. The van der Waals surface area contributed by atoms with Gasteiger partial charge in [-0.2, -0.15) is 0 Å². The van der Waals surface area contributed by atoms with Gasteiger partial charge in [0.2, 0.25) is 5.91 Å². The van der Waals surface area contributed by atoms with Gasteiger partial charge in [-0.15, -0.1) is 0 Å². The van der Waals surface area contributed by atoms with E-state index >= 15 is 0 Å². The smallest absolute Gasteiger partial charge is 0.233 e. The van der Waals surface area contributed by atoms with Crippen LogP contribution in [0.4, 0.5) is 5.13 Å². The van der Waals surface area contributed by atoms with Crippen LogP contribution < -0.4 is 9.64 Å². The molecule has 0 fully saturated rings. The van der Waals surface area contributed by atoms with Gasteiger partial charge in [0.05, 0.1) is 23.2 Å². The van der Waals surface area contributed by atoms with Crippen LogP contribution in [0.1, 0.15) is 31.4 Å². The van der Waals surface area contributed by atoms with Gasteiger partial charge in [0, 0.05) is 6.54 Å². The molecule has 0 saturated heterocycles. The van der Waals surface area contributed by atoms with Crippen molar-refractivity contribution in [1.82, 2.24) is 9.88 Å². The summed E-state index contributed by atoms with van der Waals surface area (Å²) in [6.07, 6.45) is 2.25. The summed E-state index contributed by atoms with van der Waals surface area (Å²) >= 11 is 1.60. The van der Waals surface area contributed by atoms with Crippen molar-refractivity contribution < 1.29 is 9.53 Å². The van der Waals surface area contributed by atoms with Crippen molar-refractivity contribution >= 4 is 32.6 Å². The highest BCUT2D eigenvalue weighted by Crippen LogP contribution is 2.30. The minimum atomic E-state index is 0.0766. The van der Waals surface area contributed by atoms with Crippen LogP contribution >= 0.6 is 11.3 Å². The fourth-order valence-electron chi connectivity index (χ4n) is 3.30. The van der Waals surface area contributed by atoms with E-state index in [0.29, 0.717) is 19.6 Å². The van der Waals surface area contributed by atoms with E-state index in [4.69, 9.17) is 9.72 Å². The summed E-state index contributed by atoms with van der Waals surface area (Å²) in [5.74, 6) is 0.905. The second kappa shape index (κ2) is 10.5. The van der Waals surface area contributed by atoms with Crippen LogP contribution in [0.15, 0.2) is 42.5 Å². The Morgan fingerprint density at radius 2 is 1.77 bits per heavy atom. The summed E-state index contributed by atoms with van der Waals surface area (Å²) < 4.78 is 6.64. The first-order valence-electron chi connectivity index (χ1n) is 10.6. The number of nitrogens with zero attached hydrogens (tertiary/aromatic N) is 3. The Labute approximate surface area is 183 Å². The van der Waals surface area contributed by atoms with Gasteiger partial charge in [-0.05, 0) is 75.8 Å². The van der Waals surface area contributed by atoms with Gasteiger partial charge in [0.15, 0.2) is 5.13 Å². The minimum absolute atomic E-state index is 0.0766. The Bertz CT molecular complexity index is 966.